The number of rotatable bonds is 77. The Bertz CT molecular complexity index is 1500. The maximum atomic E-state index is 6.70. The number of nitrogens with zero attached hydrogens (tertiary/aromatic N) is 2. The Morgan fingerprint density at radius 3 is 0.739 bits per heavy atom. The molecule has 0 aromatic heterocycles. The molecule has 92 heavy (non-hydrogen) atoms. The normalized spacial score (nSPS) is 13.9. The Balaban J connectivity index is 4.50. The minimum Gasteiger partial charge on any atom is -0.328 e. The summed E-state index contributed by atoms with van der Waals surface area (Å²) in [6.45, 7) is 12.2. The van der Waals surface area contributed by atoms with Crippen LogP contribution in [0.4, 0.5) is 0 Å². The van der Waals surface area contributed by atoms with E-state index in [1.54, 1.807) is 0 Å². The molecule has 0 radical (unpaired) electrons. The average Bonchev–Trinajstić information content (AvgIpc) is 1.84. The minimum atomic E-state index is 0.419. The van der Waals surface area contributed by atoms with Crippen molar-refractivity contribution in [1.82, 2.24) is 9.80 Å². The summed E-state index contributed by atoms with van der Waals surface area (Å²) >= 11 is 0. The summed E-state index contributed by atoms with van der Waals surface area (Å²) in [5, 5.41) is 0. The van der Waals surface area contributed by atoms with Crippen LogP contribution in [0.25, 0.3) is 0 Å². The molecule has 0 rings (SSSR count). The van der Waals surface area contributed by atoms with Crippen molar-refractivity contribution in [3.05, 3.63) is 48.6 Å². The molecule has 0 spiro atoms. The molecular weight excluding hydrogens is 1110 g/mol. The van der Waals surface area contributed by atoms with Crippen LogP contribution in [0, 0.1) is 11.3 Å². The Morgan fingerprint density at radius 1 is 0.250 bits per heavy atom. The molecule has 0 heterocycles. The summed E-state index contributed by atoms with van der Waals surface area (Å²) in [5.41, 5.74) is 7.16. The van der Waals surface area contributed by atoms with E-state index in [1.807, 2.05) is 0 Å². The highest BCUT2D eigenvalue weighted by atomic mass is 15.1. The highest BCUT2D eigenvalue weighted by Gasteiger charge is 2.28. The largest absolute Gasteiger partial charge is 0.328 e. The molecule has 4 unspecified atom stereocenters. The zero-order chi connectivity index (χ0) is 67.0. The first kappa shape index (κ1) is 90.8. The van der Waals surface area contributed by atoms with E-state index in [0.29, 0.717) is 11.5 Å². The molecule has 0 aromatic carbocycles. The van der Waals surface area contributed by atoms with E-state index in [-0.39, 0.29) is 0 Å². The minimum absolute atomic E-state index is 0.419. The van der Waals surface area contributed by atoms with Gasteiger partial charge < -0.3 is 15.5 Å². The Hall–Kier alpha value is -1.16. The lowest BCUT2D eigenvalue weighted by Crippen LogP contribution is -2.27. The van der Waals surface area contributed by atoms with Gasteiger partial charge >= 0.3 is 0 Å². The number of allylic oxidation sites excluding steroid dienone is 8. The zero-order valence-corrected chi connectivity index (χ0v) is 65.3. The average molecular weight is 1290 g/mol. The van der Waals surface area contributed by atoms with Gasteiger partial charge in [0.1, 0.15) is 0 Å². The smallest absolute Gasteiger partial charge is 0.00891 e. The monoisotopic (exact) mass is 1290 g/mol. The Kier molecular flexibility index (Phi) is 73.1. The van der Waals surface area contributed by atoms with Crippen LogP contribution in [0.5, 0.6) is 0 Å². The molecule has 546 valence electrons. The molecule has 0 aliphatic heterocycles. The van der Waals surface area contributed by atoms with Gasteiger partial charge in [-0.1, -0.05) is 372 Å². The molecule has 4 atom stereocenters. The third-order valence-electron chi connectivity index (χ3n) is 21.8. The first-order valence-electron chi connectivity index (χ1n) is 42.8. The van der Waals surface area contributed by atoms with E-state index in [9.17, 15) is 0 Å². The van der Waals surface area contributed by atoms with Crippen LogP contribution in [0.15, 0.2) is 48.6 Å². The van der Waals surface area contributed by atoms with Gasteiger partial charge in [-0.15, -0.1) is 0 Å². The summed E-state index contributed by atoms with van der Waals surface area (Å²) < 4.78 is 0. The fraction of sp³-hybridized carbons (Fsp3) is 0.910. The van der Waals surface area contributed by atoms with Gasteiger partial charge in [0.25, 0.3) is 0 Å². The van der Waals surface area contributed by atoms with Crippen molar-refractivity contribution in [2.24, 2.45) is 17.1 Å². The molecule has 3 heteroatoms. The van der Waals surface area contributed by atoms with E-state index >= 15 is 0 Å². The van der Waals surface area contributed by atoms with Crippen LogP contribution < -0.4 is 5.73 Å². The molecule has 0 bridgehead atoms. The van der Waals surface area contributed by atoms with Gasteiger partial charge in [-0.25, -0.2) is 0 Å². The summed E-state index contributed by atoms with van der Waals surface area (Å²) in [6.07, 6.45) is 113. The summed E-state index contributed by atoms with van der Waals surface area (Å²) in [4.78, 5) is 5.00. The first-order valence-corrected chi connectivity index (χ1v) is 42.8. The number of hydrogen-bond donors (Lipinski definition) is 1. The number of unbranched alkanes of at least 4 members (excludes halogenated alkanes) is 48. The van der Waals surface area contributed by atoms with E-state index < -0.39 is 0 Å². The van der Waals surface area contributed by atoms with Crippen LogP contribution in [-0.4, -0.2) is 56.1 Å². The molecule has 0 saturated heterocycles. The Labute approximate surface area is 583 Å². The standard InChI is InChI=1S/C89H175N3/c1-10-13-16-19-22-23-24-25-26-27-28-29-33-38-43-48-54-59-69-78-86(90)79-70-65-64-68-77-85(76-67-58-53-47-42-37-32-30-34-39-44-49-55-62-73-82-87(91(6)7)80-71-60-21-18-15-12-3)89(4,5)84-75-66-57-51-46-41-36-31-35-40-45-50-56-63-74-83-88(92(8)9)81-72-61-52-20-17-14-11-2/h22-23,25-26,30-31,34-35,85-88H,10-21,24,27-29,32-33,36-84,90H2,1-9H3. The van der Waals surface area contributed by atoms with Gasteiger partial charge in [0.05, 0.1) is 0 Å². The summed E-state index contributed by atoms with van der Waals surface area (Å²) in [6, 6.07) is 2.01. The predicted molar refractivity (Wildman–Crippen MR) is 423 cm³/mol. The SMILES string of the molecule is CCCCCC=CCC=CCCCCCCCCCCCC(N)CCCCCCC(CCCCCCCCC=CCCCCCCCC(CCCCCCCC)N(C)C)C(C)(C)CCCCCCCCC=CCCCCCCCC(CCCCCCCCC)N(C)C. The molecule has 0 aromatic rings. The van der Waals surface area contributed by atoms with E-state index in [1.165, 1.54) is 424 Å². The van der Waals surface area contributed by atoms with Gasteiger partial charge in [-0.3, -0.25) is 0 Å². The van der Waals surface area contributed by atoms with Crippen molar-refractivity contribution in [3.63, 3.8) is 0 Å². The van der Waals surface area contributed by atoms with Gasteiger partial charge in [-0.2, -0.15) is 0 Å². The van der Waals surface area contributed by atoms with E-state index in [2.05, 4.69) is 121 Å². The van der Waals surface area contributed by atoms with Crippen LogP contribution in [0.1, 0.15) is 465 Å². The fourth-order valence-corrected chi connectivity index (χ4v) is 14.9. The summed E-state index contributed by atoms with van der Waals surface area (Å²) in [7, 11) is 9.21. The molecule has 0 amide bonds. The van der Waals surface area contributed by atoms with Crippen molar-refractivity contribution in [2.45, 2.75) is 483 Å². The molecule has 3 nitrogen and oxygen atoms in total. The van der Waals surface area contributed by atoms with Crippen LogP contribution in [-0.2, 0) is 0 Å². The number of hydrogen-bond acceptors (Lipinski definition) is 3. The molecule has 0 saturated carbocycles. The van der Waals surface area contributed by atoms with Gasteiger partial charge in [0, 0.05) is 18.1 Å². The van der Waals surface area contributed by atoms with Crippen molar-refractivity contribution in [3.8, 4) is 0 Å². The highest BCUT2D eigenvalue weighted by molar-refractivity contribution is 4.93. The molecule has 0 fully saturated rings. The second-order valence-corrected chi connectivity index (χ2v) is 31.6. The lowest BCUT2D eigenvalue weighted by Gasteiger charge is -2.35. The van der Waals surface area contributed by atoms with E-state index in [4.69, 9.17) is 5.73 Å². The molecular formula is C89H175N3. The lowest BCUT2D eigenvalue weighted by atomic mass is 9.70. The predicted octanol–water partition coefficient (Wildman–Crippen LogP) is 30.2. The second kappa shape index (κ2) is 74.1. The van der Waals surface area contributed by atoms with E-state index in [0.717, 1.165) is 24.4 Å². The fourth-order valence-electron chi connectivity index (χ4n) is 14.9. The van der Waals surface area contributed by atoms with Crippen LogP contribution in [0.3, 0.4) is 0 Å². The maximum Gasteiger partial charge on any atom is 0.00891 e. The van der Waals surface area contributed by atoms with Crippen LogP contribution in [0.2, 0.25) is 0 Å². The molecule has 0 aliphatic carbocycles. The van der Waals surface area contributed by atoms with Crippen molar-refractivity contribution >= 4 is 0 Å². The summed E-state index contributed by atoms with van der Waals surface area (Å²) in [5.74, 6) is 0.881. The van der Waals surface area contributed by atoms with Gasteiger partial charge in [0.2, 0.25) is 0 Å². The van der Waals surface area contributed by atoms with Crippen molar-refractivity contribution in [1.29, 1.82) is 0 Å². The number of nitrogens with two attached hydrogens (primary N) is 1. The highest BCUT2D eigenvalue weighted by Crippen LogP contribution is 2.40. The second-order valence-electron chi connectivity index (χ2n) is 31.6. The topological polar surface area (TPSA) is 32.5 Å². The lowest BCUT2D eigenvalue weighted by molar-refractivity contribution is 0.158. The van der Waals surface area contributed by atoms with Gasteiger partial charge in [-0.05, 0) is 181 Å². The third kappa shape index (κ3) is 67.4. The third-order valence-corrected chi connectivity index (χ3v) is 21.8. The van der Waals surface area contributed by atoms with Crippen molar-refractivity contribution in [2.75, 3.05) is 28.2 Å². The quantitative estimate of drug-likeness (QED) is 0.0487. The molecule has 0 aliphatic rings. The van der Waals surface area contributed by atoms with Gasteiger partial charge in [0.15, 0.2) is 0 Å². The maximum absolute atomic E-state index is 6.70. The van der Waals surface area contributed by atoms with Crippen LogP contribution >= 0.6 is 0 Å². The Morgan fingerprint density at radius 2 is 0.457 bits per heavy atom. The molecule has 2 N–H and O–H groups in total. The first-order chi connectivity index (χ1) is 45.1. The van der Waals surface area contributed by atoms with Crippen molar-refractivity contribution < 1.29 is 0 Å². The zero-order valence-electron chi connectivity index (χ0n) is 65.3.